The minimum Gasteiger partial charge on any atom is -0.195 e. The quantitative estimate of drug-likeness (QED) is 0.162. The van der Waals surface area contributed by atoms with Crippen LogP contribution in [0.3, 0.4) is 0 Å². The number of benzene rings is 5. The molecule has 0 heterocycles. The molecule has 0 fully saturated rings. The molecule has 178 valence electrons. The van der Waals surface area contributed by atoms with Crippen LogP contribution in [0.1, 0.15) is 0 Å². The third-order valence-electron chi connectivity index (χ3n) is 6.71. The summed E-state index contributed by atoms with van der Waals surface area (Å²) in [5.74, 6) is 1.09. The molecule has 5 aromatic carbocycles. The Morgan fingerprint density at radius 3 is 1.06 bits per heavy atom. The Balaban J connectivity index is 0.000000233. The predicted octanol–water partition coefficient (Wildman–Crippen LogP) is 5.54. The molecule has 0 bridgehead atoms. The molecular weight excluding hydrogens is 451 g/mol. The van der Waals surface area contributed by atoms with Crippen molar-refractivity contribution in [3.05, 3.63) is 164 Å². The minimum atomic E-state index is -1.22. The van der Waals surface area contributed by atoms with Crippen molar-refractivity contribution in [1.82, 2.24) is 0 Å². The van der Waals surface area contributed by atoms with Gasteiger partial charge in [-0.3, -0.25) is 0 Å². The third kappa shape index (κ3) is 5.72. The van der Waals surface area contributed by atoms with E-state index >= 15 is 0 Å². The van der Waals surface area contributed by atoms with E-state index in [1.165, 1.54) is 26.7 Å². The Hall–Kier alpha value is -3.75. The molecule has 0 nitrogen and oxygen atoms in total. The molecule has 0 aliphatic rings. The van der Waals surface area contributed by atoms with E-state index in [0.717, 1.165) is 5.75 Å². The molecule has 0 aliphatic carbocycles. The Morgan fingerprint density at radius 2 is 0.778 bits per heavy atom. The molecule has 0 saturated heterocycles. The van der Waals surface area contributed by atoms with Crippen LogP contribution in [0.2, 0.25) is 0 Å². The lowest BCUT2D eigenvalue weighted by molar-refractivity contribution is 1.44. The smallest absolute Gasteiger partial charge is 0.154 e. The summed E-state index contributed by atoms with van der Waals surface area (Å²) in [4.78, 5) is 1.42. The summed E-state index contributed by atoms with van der Waals surface area (Å²) >= 11 is 0. The molecule has 1 unspecified atom stereocenters. The van der Waals surface area contributed by atoms with E-state index in [4.69, 9.17) is 0 Å². The van der Waals surface area contributed by atoms with E-state index in [2.05, 4.69) is 164 Å². The lowest BCUT2D eigenvalue weighted by Crippen LogP contribution is -2.74. The Kier molecular flexibility index (Phi) is 9.02. The van der Waals surface area contributed by atoms with Crippen LogP contribution in [0.15, 0.2) is 169 Å². The van der Waals surface area contributed by atoms with Crippen molar-refractivity contribution < 1.29 is 0 Å². The summed E-state index contributed by atoms with van der Waals surface area (Å²) < 4.78 is 0. The lowest BCUT2D eigenvalue weighted by Gasteiger charge is -2.44. The van der Waals surface area contributed by atoms with Gasteiger partial charge in [0.15, 0.2) is 4.90 Å². The summed E-state index contributed by atoms with van der Waals surface area (Å²) in [7, 11) is 0.349. The van der Waals surface area contributed by atoms with Crippen LogP contribution in [0.5, 0.6) is 0 Å². The van der Waals surface area contributed by atoms with Gasteiger partial charge in [0.2, 0.25) is 0 Å². The standard InChI is InChI=1S/C24H20B.C10H13S/c1-5-13-21(14-6-1)25(22-15-7-2-8-16-22,23-17-9-3-10-18-23)24-19-11-4-12-20-24;1-3-9-11(2)10-7-5-4-6-8-10/h1-20H;3-8H,1,9H2,2H3/q-1;+1. The molecule has 0 spiro atoms. The van der Waals surface area contributed by atoms with Crippen molar-refractivity contribution in [2.45, 2.75) is 4.90 Å². The number of hydrogen-bond donors (Lipinski definition) is 0. The van der Waals surface area contributed by atoms with Gasteiger partial charge in [0, 0.05) is 10.9 Å². The normalized spacial score (nSPS) is 11.6. The maximum absolute atomic E-state index is 3.73. The summed E-state index contributed by atoms with van der Waals surface area (Å²) in [5.41, 5.74) is 5.36. The van der Waals surface area contributed by atoms with Crippen LogP contribution in [0, 0.1) is 0 Å². The zero-order valence-corrected chi connectivity index (χ0v) is 21.7. The average molecular weight is 485 g/mol. The van der Waals surface area contributed by atoms with Gasteiger partial charge in [-0.1, -0.05) is 146 Å². The van der Waals surface area contributed by atoms with E-state index in [9.17, 15) is 0 Å². The monoisotopic (exact) mass is 484 g/mol. The zero-order valence-electron chi connectivity index (χ0n) is 20.9. The van der Waals surface area contributed by atoms with E-state index in [0.29, 0.717) is 10.9 Å². The van der Waals surface area contributed by atoms with Crippen molar-refractivity contribution in [1.29, 1.82) is 0 Å². The highest BCUT2D eigenvalue weighted by atomic mass is 32.2. The van der Waals surface area contributed by atoms with Gasteiger partial charge in [0.05, 0.1) is 0 Å². The predicted molar refractivity (Wildman–Crippen MR) is 163 cm³/mol. The number of rotatable bonds is 7. The maximum atomic E-state index is 3.73. The molecule has 0 saturated carbocycles. The fourth-order valence-corrected chi connectivity index (χ4v) is 6.22. The van der Waals surface area contributed by atoms with Gasteiger partial charge >= 0.3 is 0 Å². The molecule has 36 heavy (non-hydrogen) atoms. The lowest BCUT2D eigenvalue weighted by atomic mass is 9.13. The highest BCUT2D eigenvalue weighted by Crippen LogP contribution is 2.10. The molecule has 1 atom stereocenters. The fraction of sp³-hybridized carbons (Fsp3) is 0.0588. The van der Waals surface area contributed by atoms with E-state index < -0.39 is 6.15 Å². The van der Waals surface area contributed by atoms with Crippen molar-refractivity contribution in [3.63, 3.8) is 0 Å². The minimum absolute atomic E-state index is 0.349. The summed E-state index contributed by atoms with van der Waals surface area (Å²) in [5, 5.41) is 0. The SMILES string of the molecule is C=CC[S+](C)c1ccccc1.c1ccc([B-](c2ccccc2)(c2ccccc2)c2ccccc2)cc1. The van der Waals surface area contributed by atoms with Gasteiger partial charge < -0.3 is 0 Å². The molecular formula is C34H33BS. The summed E-state index contributed by atoms with van der Waals surface area (Å²) in [6.07, 6.45) is 3.01. The van der Waals surface area contributed by atoms with Crippen molar-refractivity contribution in [3.8, 4) is 0 Å². The van der Waals surface area contributed by atoms with Gasteiger partial charge in [-0.25, -0.2) is 0 Å². The Bertz CT molecular complexity index is 1140. The summed E-state index contributed by atoms with van der Waals surface area (Å²) in [6.45, 7) is 3.73. The first-order chi connectivity index (χ1) is 17.8. The largest absolute Gasteiger partial charge is 0.195 e. The highest BCUT2D eigenvalue weighted by Gasteiger charge is 2.31. The first-order valence-corrected chi connectivity index (χ1v) is 14.2. The first kappa shape index (κ1) is 25.4. The van der Waals surface area contributed by atoms with E-state index in [1.807, 2.05) is 6.08 Å². The van der Waals surface area contributed by atoms with Crippen LogP contribution >= 0.6 is 0 Å². The molecule has 5 rings (SSSR count). The van der Waals surface area contributed by atoms with Gasteiger partial charge in [-0.05, 0) is 18.2 Å². The molecule has 2 heteroatoms. The van der Waals surface area contributed by atoms with Crippen LogP contribution in [0.4, 0.5) is 0 Å². The molecule has 0 amide bonds. The van der Waals surface area contributed by atoms with Gasteiger partial charge in [0.1, 0.15) is 18.2 Å². The molecule has 5 aromatic rings. The topological polar surface area (TPSA) is 0 Å². The van der Waals surface area contributed by atoms with Crippen LogP contribution in [-0.4, -0.2) is 18.2 Å². The Morgan fingerprint density at radius 1 is 0.500 bits per heavy atom. The van der Waals surface area contributed by atoms with Crippen molar-refractivity contribution in [2.24, 2.45) is 0 Å². The second-order valence-electron chi connectivity index (χ2n) is 8.91. The Labute approximate surface area is 219 Å². The van der Waals surface area contributed by atoms with Crippen molar-refractivity contribution in [2.75, 3.05) is 12.0 Å². The second-order valence-corrected chi connectivity index (χ2v) is 11.0. The van der Waals surface area contributed by atoms with Crippen LogP contribution < -0.4 is 21.9 Å². The zero-order chi connectivity index (χ0) is 25.1. The number of hydrogen-bond acceptors (Lipinski definition) is 0. The van der Waals surface area contributed by atoms with Crippen LogP contribution in [0.25, 0.3) is 0 Å². The van der Waals surface area contributed by atoms with Crippen LogP contribution in [-0.2, 0) is 10.9 Å². The van der Waals surface area contributed by atoms with E-state index in [1.54, 1.807) is 0 Å². The second kappa shape index (κ2) is 12.8. The maximum Gasteiger partial charge on any atom is 0.154 e. The first-order valence-electron chi connectivity index (χ1n) is 12.4. The molecule has 0 N–H and O–H groups in total. The highest BCUT2D eigenvalue weighted by molar-refractivity contribution is 7.96. The average Bonchev–Trinajstić information content (AvgIpc) is 2.97. The third-order valence-corrected chi connectivity index (χ3v) is 8.52. The molecule has 0 aromatic heterocycles. The summed E-state index contributed by atoms with van der Waals surface area (Å²) in [6, 6.07) is 54.1. The van der Waals surface area contributed by atoms with E-state index in [-0.39, 0.29) is 0 Å². The molecule has 0 radical (unpaired) electrons. The van der Waals surface area contributed by atoms with Gasteiger partial charge in [0.25, 0.3) is 0 Å². The van der Waals surface area contributed by atoms with Crippen molar-refractivity contribution >= 4 is 38.9 Å². The van der Waals surface area contributed by atoms with Gasteiger partial charge in [-0.15, -0.1) is 0 Å². The van der Waals surface area contributed by atoms with Gasteiger partial charge in [-0.2, -0.15) is 21.9 Å². The fourth-order valence-electron chi connectivity index (χ4n) is 5.05. The molecule has 0 aliphatic heterocycles.